The van der Waals surface area contributed by atoms with E-state index in [-0.39, 0.29) is 0 Å². The molecule has 0 atom stereocenters. The lowest BCUT2D eigenvalue weighted by molar-refractivity contribution is 0.571. The number of benzene rings is 1. The van der Waals surface area contributed by atoms with E-state index in [2.05, 4.69) is 51.7 Å². The standard InChI is InChI=1S/C14H24N2/c1-10(2)9-16(11(3)4)14-7-6-12(5)8-13(14)15/h6-8,10-11H,9,15H2,1-5H3. The van der Waals surface area contributed by atoms with Crippen molar-refractivity contribution in [3.05, 3.63) is 23.8 Å². The van der Waals surface area contributed by atoms with Gasteiger partial charge in [0.25, 0.3) is 0 Å². The Morgan fingerprint density at radius 3 is 2.25 bits per heavy atom. The first-order valence-electron chi connectivity index (χ1n) is 6.04. The molecule has 1 rings (SSSR count). The molecule has 2 nitrogen and oxygen atoms in total. The molecule has 0 fully saturated rings. The van der Waals surface area contributed by atoms with Crippen LogP contribution in [0.15, 0.2) is 18.2 Å². The predicted molar refractivity (Wildman–Crippen MR) is 72.9 cm³/mol. The van der Waals surface area contributed by atoms with Crippen molar-refractivity contribution in [1.29, 1.82) is 0 Å². The number of nitrogen functional groups attached to an aromatic ring is 1. The lowest BCUT2D eigenvalue weighted by Gasteiger charge is -2.31. The zero-order chi connectivity index (χ0) is 12.3. The average Bonchev–Trinajstić information content (AvgIpc) is 2.14. The van der Waals surface area contributed by atoms with Crippen molar-refractivity contribution in [3.63, 3.8) is 0 Å². The molecule has 90 valence electrons. The van der Waals surface area contributed by atoms with E-state index in [0.717, 1.165) is 17.9 Å². The third-order valence-electron chi connectivity index (χ3n) is 2.68. The lowest BCUT2D eigenvalue weighted by Crippen LogP contribution is -2.34. The maximum atomic E-state index is 6.09. The van der Waals surface area contributed by atoms with Crippen LogP contribution in [0.3, 0.4) is 0 Å². The SMILES string of the molecule is Cc1ccc(N(CC(C)C)C(C)C)c(N)c1. The van der Waals surface area contributed by atoms with E-state index in [1.54, 1.807) is 0 Å². The van der Waals surface area contributed by atoms with E-state index in [1.165, 1.54) is 5.56 Å². The number of nitrogens with zero attached hydrogens (tertiary/aromatic N) is 1. The van der Waals surface area contributed by atoms with Gasteiger partial charge in [0.15, 0.2) is 0 Å². The highest BCUT2D eigenvalue weighted by atomic mass is 15.2. The molecule has 0 aliphatic carbocycles. The minimum Gasteiger partial charge on any atom is -0.397 e. The van der Waals surface area contributed by atoms with Crippen LogP contribution in [0.2, 0.25) is 0 Å². The lowest BCUT2D eigenvalue weighted by atomic mass is 10.1. The average molecular weight is 220 g/mol. The van der Waals surface area contributed by atoms with E-state index >= 15 is 0 Å². The second-order valence-corrected chi connectivity index (χ2v) is 5.20. The molecule has 0 radical (unpaired) electrons. The Kier molecular flexibility index (Phi) is 4.22. The van der Waals surface area contributed by atoms with E-state index in [0.29, 0.717) is 12.0 Å². The maximum absolute atomic E-state index is 6.09. The first-order valence-corrected chi connectivity index (χ1v) is 6.04. The van der Waals surface area contributed by atoms with Crippen molar-refractivity contribution in [2.24, 2.45) is 5.92 Å². The van der Waals surface area contributed by atoms with Crippen LogP contribution in [0.5, 0.6) is 0 Å². The van der Waals surface area contributed by atoms with Crippen LogP contribution < -0.4 is 10.6 Å². The molecule has 0 spiro atoms. The second-order valence-electron chi connectivity index (χ2n) is 5.20. The molecular formula is C14H24N2. The van der Waals surface area contributed by atoms with Crippen molar-refractivity contribution in [1.82, 2.24) is 0 Å². The highest BCUT2D eigenvalue weighted by Crippen LogP contribution is 2.26. The topological polar surface area (TPSA) is 29.3 Å². The first-order chi connectivity index (χ1) is 7.41. The Labute approximate surface area is 99.5 Å². The van der Waals surface area contributed by atoms with Gasteiger partial charge in [-0.1, -0.05) is 19.9 Å². The Hall–Kier alpha value is -1.18. The summed E-state index contributed by atoms with van der Waals surface area (Å²) in [6.45, 7) is 12.0. The molecular weight excluding hydrogens is 196 g/mol. The van der Waals surface area contributed by atoms with Gasteiger partial charge in [-0.2, -0.15) is 0 Å². The third kappa shape index (κ3) is 3.16. The number of rotatable bonds is 4. The maximum Gasteiger partial charge on any atom is 0.0602 e. The molecule has 0 saturated carbocycles. The molecule has 0 bridgehead atoms. The number of hydrogen-bond acceptors (Lipinski definition) is 2. The summed E-state index contributed by atoms with van der Waals surface area (Å²) in [4.78, 5) is 2.37. The molecule has 1 aromatic carbocycles. The number of hydrogen-bond donors (Lipinski definition) is 1. The number of aryl methyl sites for hydroxylation is 1. The second kappa shape index (κ2) is 5.24. The summed E-state index contributed by atoms with van der Waals surface area (Å²) in [7, 11) is 0. The normalized spacial score (nSPS) is 11.2. The van der Waals surface area contributed by atoms with Gasteiger partial charge >= 0.3 is 0 Å². The van der Waals surface area contributed by atoms with E-state index in [4.69, 9.17) is 5.73 Å². The predicted octanol–water partition coefficient (Wildman–Crippen LogP) is 3.45. The Bertz CT molecular complexity index is 343. The van der Waals surface area contributed by atoms with E-state index in [1.807, 2.05) is 6.07 Å². The van der Waals surface area contributed by atoms with Crippen LogP contribution in [0.4, 0.5) is 11.4 Å². The van der Waals surface area contributed by atoms with Crippen molar-refractivity contribution in [2.75, 3.05) is 17.2 Å². The zero-order valence-electron chi connectivity index (χ0n) is 11.1. The number of nitrogens with two attached hydrogens (primary N) is 1. The molecule has 0 aliphatic heterocycles. The monoisotopic (exact) mass is 220 g/mol. The highest BCUT2D eigenvalue weighted by Gasteiger charge is 2.14. The Morgan fingerprint density at radius 1 is 1.19 bits per heavy atom. The fourth-order valence-electron chi connectivity index (χ4n) is 1.92. The summed E-state index contributed by atoms with van der Waals surface area (Å²) in [5.41, 5.74) is 9.36. The molecule has 0 aromatic heterocycles. The minimum absolute atomic E-state index is 0.479. The molecule has 16 heavy (non-hydrogen) atoms. The van der Waals surface area contributed by atoms with Gasteiger partial charge in [-0.3, -0.25) is 0 Å². The van der Waals surface area contributed by atoms with Crippen molar-refractivity contribution >= 4 is 11.4 Å². The molecule has 0 amide bonds. The van der Waals surface area contributed by atoms with Gasteiger partial charge in [0, 0.05) is 12.6 Å². The molecule has 0 heterocycles. The van der Waals surface area contributed by atoms with Gasteiger partial charge in [0.2, 0.25) is 0 Å². The minimum atomic E-state index is 0.479. The molecule has 0 unspecified atom stereocenters. The summed E-state index contributed by atoms with van der Waals surface area (Å²) in [5, 5.41) is 0. The summed E-state index contributed by atoms with van der Waals surface area (Å²) in [6, 6.07) is 6.78. The van der Waals surface area contributed by atoms with Crippen LogP contribution in [0.1, 0.15) is 33.3 Å². The van der Waals surface area contributed by atoms with Gasteiger partial charge < -0.3 is 10.6 Å². The fraction of sp³-hybridized carbons (Fsp3) is 0.571. The summed E-state index contributed by atoms with van der Waals surface area (Å²) >= 11 is 0. The first kappa shape index (κ1) is 12.9. The van der Waals surface area contributed by atoms with Gasteiger partial charge in [-0.15, -0.1) is 0 Å². The third-order valence-corrected chi connectivity index (χ3v) is 2.68. The van der Waals surface area contributed by atoms with E-state index in [9.17, 15) is 0 Å². The zero-order valence-corrected chi connectivity index (χ0v) is 11.1. The molecule has 2 N–H and O–H groups in total. The summed E-state index contributed by atoms with van der Waals surface area (Å²) in [6.07, 6.45) is 0. The van der Waals surface area contributed by atoms with Crippen LogP contribution >= 0.6 is 0 Å². The van der Waals surface area contributed by atoms with Gasteiger partial charge in [0.05, 0.1) is 11.4 Å². The van der Waals surface area contributed by atoms with Gasteiger partial charge in [0.1, 0.15) is 0 Å². The smallest absolute Gasteiger partial charge is 0.0602 e. The van der Waals surface area contributed by atoms with Crippen molar-refractivity contribution in [2.45, 2.75) is 40.7 Å². The van der Waals surface area contributed by atoms with Crippen LogP contribution in [0.25, 0.3) is 0 Å². The summed E-state index contributed by atoms with van der Waals surface area (Å²) < 4.78 is 0. The fourth-order valence-corrected chi connectivity index (χ4v) is 1.92. The van der Waals surface area contributed by atoms with Crippen molar-refractivity contribution in [3.8, 4) is 0 Å². The Morgan fingerprint density at radius 2 is 1.81 bits per heavy atom. The van der Waals surface area contributed by atoms with Gasteiger partial charge in [-0.25, -0.2) is 0 Å². The van der Waals surface area contributed by atoms with Crippen LogP contribution in [-0.4, -0.2) is 12.6 Å². The molecule has 0 aliphatic rings. The molecule has 2 heteroatoms. The highest BCUT2D eigenvalue weighted by molar-refractivity contribution is 5.68. The quantitative estimate of drug-likeness (QED) is 0.787. The Balaban J connectivity index is 3.01. The van der Waals surface area contributed by atoms with Gasteiger partial charge in [-0.05, 0) is 44.4 Å². The number of anilines is 2. The molecule has 0 saturated heterocycles. The van der Waals surface area contributed by atoms with Crippen molar-refractivity contribution < 1.29 is 0 Å². The van der Waals surface area contributed by atoms with Crippen LogP contribution in [0, 0.1) is 12.8 Å². The van der Waals surface area contributed by atoms with Crippen LogP contribution in [-0.2, 0) is 0 Å². The molecule has 1 aromatic rings. The largest absolute Gasteiger partial charge is 0.397 e. The van der Waals surface area contributed by atoms with E-state index < -0.39 is 0 Å². The summed E-state index contributed by atoms with van der Waals surface area (Å²) in [5.74, 6) is 0.642.